The topological polar surface area (TPSA) is 56.5 Å². The normalized spacial score (nSPS) is 29.8. The van der Waals surface area contributed by atoms with E-state index in [1.165, 1.54) is 0 Å². The summed E-state index contributed by atoms with van der Waals surface area (Å²) in [4.78, 5) is 0. The molecule has 3 N–H and O–H groups in total. The van der Waals surface area contributed by atoms with Crippen LogP contribution in [0.4, 0.5) is 0 Å². The Bertz CT molecular complexity index is 148. The maximum Gasteiger partial charge on any atom is 0.0816 e. The van der Waals surface area contributed by atoms with Crippen LogP contribution < -0.4 is 11.3 Å². The lowest BCUT2D eigenvalue weighted by atomic mass is 9.78. The van der Waals surface area contributed by atoms with Crippen LogP contribution in [-0.4, -0.2) is 32.0 Å². The fraction of sp³-hybridized carbons (Fsp3) is 1.00. The van der Waals surface area contributed by atoms with E-state index in [-0.39, 0.29) is 5.54 Å². The van der Waals surface area contributed by atoms with Gasteiger partial charge in [-0.25, -0.2) is 5.43 Å². The molecule has 2 saturated heterocycles. The zero-order chi connectivity index (χ0) is 8.44. The molecule has 0 aromatic rings. The molecule has 0 aliphatic carbocycles. The van der Waals surface area contributed by atoms with Crippen LogP contribution in [0.2, 0.25) is 0 Å². The van der Waals surface area contributed by atoms with E-state index >= 15 is 0 Å². The molecule has 4 nitrogen and oxygen atoms in total. The van der Waals surface area contributed by atoms with Gasteiger partial charge in [0.1, 0.15) is 0 Å². The number of rotatable bonds is 2. The van der Waals surface area contributed by atoms with Gasteiger partial charge in [-0.3, -0.25) is 5.84 Å². The van der Waals surface area contributed by atoms with Gasteiger partial charge in [-0.05, 0) is 18.8 Å². The van der Waals surface area contributed by atoms with E-state index in [0.717, 1.165) is 39.3 Å². The van der Waals surface area contributed by atoms with E-state index in [1.54, 1.807) is 0 Å². The molecule has 0 atom stereocenters. The summed E-state index contributed by atoms with van der Waals surface area (Å²) in [6.45, 7) is 3.25. The molecule has 2 heterocycles. The number of hydrogen-bond acceptors (Lipinski definition) is 4. The highest BCUT2D eigenvalue weighted by Gasteiger charge is 2.45. The quantitative estimate of drug-likeness (QED) is 0.441. The Hall–Kier alpha value is -0.160. The first-order valence-corrected chi connectivity index (χ1v) is 4.51. The molecule has 0 amide bonds. The highest BCUT2D eigenvalue weighted by Crippen LogP contribution is 2.32. The van der Waals surface area contributed by atoms with Crippen LogP contribution in [0, 0.1) is 5.92 Å². The second-order valence-corrected chi connectivity index (χ2v) is 3.68. The van der Waals surface area contributed by atoms with Gasteiger partial charge >= 0.3 is 0 Å². The van der Waals surface area contributed by atoms with Gasteiger partial charge in [-0.2, -0.15) is 0 Å². The third-order valence-electron chi connectivity index (χ3n) is 3.01. The van der Waals surface area contributed by atoms with Gasteiger partial charge in [0, 0.05) is 13.2 Å². The lowest BCUT2D eigenvalue weighted by Gasteiger charge is -2.47. The first-order valence-electron chi connectivity index (χ1n) is 4.51. The molecule has 4 heteroatoms. The lowest BCUT2D eigenvalue weighted by Crippen LogP contribution is -2.67. The number of hydrogen-bond donors (Lipinski definition) is 2. The molecule has 12 heavy (non-hydrogen) atoms. The Morgan fingerprint density at radius 2 is 1.83 bits per heavy atom. The number of hydrazine groups is 1. The summed E-state index contributed by atoms with van der Waals surface area (Å²) in [5.74, 6) is 6.16. The monoisotopic (exact) mass is 172 g/mol. The third-order valence-corrected chi connectivity index (χ3v) is 3.01. The summed E-state index contributed by atoms with van der Waals surface area (Å²) < 4.78 is 10.5. The maximum atomic E-state index is 5.53. The Balaban J connectivity index is 1.95. The highest BCUT2D eigenvalue weighted by molar-refractivity contribution is 4.99. The molecule has 0 radical (unpaired) electrons. The molecule has 0 aromatic carbocycles. The Morgan fingerprint density at radius 3 is 2.25 bits per heavy atom. The van der Waals surface area contributed by atoms with Crippen LogP contribution in [0.5, 0.6) is 0 Å². The van der Waals surface area contributed by atoms with Crippen molar-refractivity contribution in [2.45, 2.75) is 18.4 Å². The molecule has 2 fully saturated rings. The highest BCUT2D eigenvalue weighted by atomic mass is 16.5. The lowest BCUT2D eigenvalue weighted by molar-refractivity contribution is -0.123. The van der Waals surface area contributed by atoms with Gasteiger partial charge in [0.25, 0.3) is 0 Å². The van der Waals surface area contributed by atoms with Crippen molar-refractivity contribution in [2.75, 3.05) is 26.4 Å². The van der Waals surface area contributed by atoms with Crippen molar-refractivity contribution in [1.82, 2.24) is 5.43 Å². The first-order chi connectivity index (χ1) is 5.87. The van der Waals surface area contributed by atoms with Crippen molar-refractivity contribution in [2.24, 2.45) is 11.8 Å². The Morgan fingerprint density at radius 1 is 1.17 bits per heavy atom. The van der Waals surface area contributed by atoms with Crippen molar-refractivity contribution >= 4 is 0 Å². The van der Waals surface area contributed by atoms with Gasteiger partial charge < -0.3 is 9.47 Å². The summed E-state index contributed by atoms with van der Waals surface area (Å²) >= 11 is 0. The Kier molecular flexibility index (Phi) is 2.32. The Labute approximate surface area is 72.4 Å². The van der Waals surface area contributed by atoms with E-state index < -0.39 is 0 Å². The summed E-state index contributed by atoms with van der Waals surface area (Å²) in [6, 6.07) is 0. The second kappa shape index (κ2) is 3.30. The predicted molar refractivity (Wildman–Crippen MR) is 44.4 cm³/mol. The minimum absolute atomic E-state index is 0.0593. The summed E-state index contributed by atoms with van der Waals surface area (Å²) in [5, 5.41) is 0. The largest absolute Gasteiger partial charge is 0.381 e. The fourth-order valence-electron chi connectivity index (χ4n) is 2.01. The average molecular weight is 172 g/mol. The molecule has 0 saturated carbocycles. The van der Waals surface area contributed by atoms with Gasteiger partial charge in [-0.1, -0.05) is 0 Å². The number of nitrogens with one attached hydrogen (secondary N) is 1. The van der Waals surface area contributed by atoms with Crippen LogP contribution in [0.25, 0.3) is 0 Å². The molecule has 0 aromatic heterocycles. The van der Waals surface area contributed by atoms with E-state index in [1.807, 2.05) is 0 Å². The van der Waals surface area contributed by atoms with Crippen LogP contribution >= 0.6 is 0 Å². The van der Waals surface area contributed by atoms with Crippen LogP contribution in [0.3, 0.4) is 0 Å². The van der Waals surface area contributed by atoms with Crippen LogP contribution in [-0.2, 0) is 9.47 Å². The van der Waals surface area contributed by atoms with Gasteiger partial charge in [0.2, 0.25) is 0 Å². The van der Waals surface area contributed by atoms with Crippen molar-refractivity contribution in [3.63, 3.8) is 0 Å². The van der Waals surface area contributed by atoms with Gasteiger partial charge in [0.05, 0.1) is 18.8 Å². The fourth-order valence-corrected chi connectivity index (χ4v) is 2.01. The predicted octanol–water partition coefficient (Wildman–Crippen LogP) is -0.355. The van der Waals surface area contributed by atoms with Crippen molar-refractivity contribution in [3.8, 4) is 0 Å². The standard InChI is InChI=1S/C8H16N2O2/c9-10-8(5-12-6-8)7-1-3-11-4-2-7/h7,10H,1-6,9H2. The average Bonchev–Trinajstić information content (AvgIpc) is 2.05. The summed E-state index contributed by atoms with van der Waals surface area (Å²) in [7, 11) is 0. The van der Waals surface area contributed by atoms with Gasteiger partial charge in [-0.15, -0.1) is 0 Å². The smallest absolute Gasteiger partial charge is 0.0816 e. The molecule has 0 unspecified atom stereocenters. The molecule has 2 aliphatic heterocycles. The molecule has 2 aliphatic rings. The summed E-state index contributed by atoms with van der Waals surface area (Å²) in [6.07, 6.45) is 2.21. The van der Waals surface area contributed by atoms with Crippen molar-refractivity contribution in [3.05, 3.63) is 0 Å². The zero-order valence-electron chi connectivity index (χ0n) is 7.21. The third kappa shape index (κ3) is 1.25. The second-order valence-electron chi connectivity index (χ2n) is 3.68. The molecule has 70 valence electrons. The summed E-state index contributed by atoms with van der Waals surface area (Å²) in [5.41, 5.74) is 2.96. The first kappa shape index (κ1) is 8.44. The van der Waals surface area contributed by atoms with E-state index in [2.05, 4.69) is 5.43 Å². The zero-order valence-corrected chi connectivity index (χ0v) is 7.21. The molecule has 2 rings (SSSR count). The number of ether oxygens (including phenoxy) is 2. The van der Waals surface area contributed by atoms with Crippen molar-refractivity contribution in [1.29, 1.82) is 0 Å². The van der Waals surface area contributed by atoms with E-state index in [9.17, 15) is 0 Å². The number of nitrogens with two attached hydrogens (primary N) is 1. The molecular formula is C8H16N2O2. The van der Waals surface area contributed by atoms with E-state index in [4.69, 9.17) is 15.3 Å². The SMILES string of the molecule is NNC1(C2CCOCC2)COC1. The minimum Gasteiger partial charge on any atom is -0.381 e. The van der Waals surface area contributed by atoms with Gasteiger partial charge in [0.15, 0.2) is 0 Å². The van der Waals surface area contributed by atoms with E-state index in [0.29, 0.717) is 5.92 Å². The minimum atomic E-state index is 0.0593. The maximum absolute atomic E-state index is 5.53. The molecule has 0 bridgehead atoms. The van der Waals surface area contributed by atoms with Crippen LogP contribution in [0.1, 0.15) is 12.8 Å². The molecule has 0 spiro atoms. The van der Waals surface area contributed by atoms with Crippen LogP contribution in [0.15, 0.2) is 0 Å². The van der Waals surface area contributed by atoms with Crippen molar-refractivity contribution < 1.29 is 9.47 Å². The molecular weight excluding hydrogens is 156 g/mol.